The number of fused-ring (bicyclic) bond motifs is 8. The third-order valence-electron chi connectivity index (χ3n) is 5.25. The zero-order valence-corrected chi connectivity index (χ0v) is 16.1. The Morgan fingerprint density at radius 2 is 1.07 bits per heavy atom. The van der Waals surface area contributed by atoms with Crippen LogP contribution >= 0.6 is 0 Å². The number of nitrogens with one attached hydrogen (secondary N) is 2. The maximum Gasteiger partial charge on any atom is 0.0658 e. The van der Waals surface area contributed by atoms with Gasteiger partial charge in [0.05, 0.1) is 22.8 Å². The molecule has 4 nitrogen and oxygen atoms in total. The number of nitrogens with zero attached hydrogens (tertiary/aromatic N) is 2. The van der Waals surface area contributed by atoms with E-state index in [1.807, 2.05) is 36.4 Å². The summed E-state index contributed by atoms with van der Waals surface area (Å²) < 4.78 is 0. The van der Waals surface area contributed by atoms with Gasteiger partial charge < -0.3 is 9.97 Å². The van der Waals surface area contributed by atoms with Crippen LogP contribution in [0.4, 0.5) is 0 Å². The zero-order chi connectivity index (χ0) is 19.9. The van der Waals surface area contributed by atoms with Gasteiger partial charge in [0.1, 0.15) is 0 Å². The van der Waals surface area contributed by atoms with E-state index < -0.39 is 0 Å². The van der Waals surface area contributed by atoms with Crippen LogP contribution in [-0.4, -0.2) is 19.9 Å². The van der Waals surface area contributed by atoms with Gasteiger partial charge >= 0.3 is 0 Å². The van der Waals surface area contributed by atoms with Crippen LogP contribution < -0.4 is 0 Å². The molecular weight excluding hydrogens is 368 g/mol. The Hall–Kier alpha value is -4.18. The van der Waals surface area contributed by atoms with E-state index in [9.17, 15) is 0 Å². The lowest BCUT2D eigenvalue weighted by Crippen LogP contribution is -1.77. The molecule has 30 heavy (non-hydrogen) atoms. The van der Waals surface area contributed by atoms with Crippen molar-refractivity contribution in [2.45, 2.75) is 0 Å². The highest BCUT2D eigenvalue weighted by Gasteiger charge is 2.06. The summed E-state index contributed by atoms with van der Waals surface area (Å²) in [5.41, 5.74) is 10.1. The summed E-state index contributed by atoms with van der Waals surface area (Å²) in [6.45, 7) is 0. The molecule has 2 aliphatic rings. The average molecular weight is 386 g/mol. The van der Waals surface area contributed by atoms with Gasteiger partial charge in [0.15, 0.2) is 0 Å². The van der Waals surface area contributed by atoms with E-state index in [1.165, 1.54) is 5.56 Å². The highest BCUT2D eigenvalue weighted by molar-refractivity contribution is 5.87. The molecule has 0 fully saturated rings. The van der Waals surface area contributed by atoms with Crippen molar-refractivity contribution in [2.75, 3.05) is 0 Å². The van der Waals surface area contributed by atoms with Crippen molar-refractivity contribution >= 4 is 46.4 Å². The topological polar surface area (TPSA) is 57.4 Å². The molecule has 2 N–H and O–H groups in total. The van der Waals surface area contributed by atoms with Gasteiger partial charge in [-0.15, -0.1) is 0 Å². The Kier molecular flexibility index (Phi) is 3.74. The molecule has 0 atom stereocenters. The molecule has 3 aromatic heterocycles. The molecule has 0 spiro atoms. The standard InChI is InChI=1S/C26H18N4/c1-2-4-17(5-3-1)25-15-24-14-22-9-8-20(28-22)12-18-6-7-19(27-18)13-21-10-11-23(29-21)16-26(25)30-24/h1-16,27,30H. The van der Waals surface area contributed by atoms with Gasteiger partial charge in [0, 0.05) is 27.6 Å². The number of H-pyrrole nitrogens is 2. The van der Waals surface area contributed by atoms with Crippen LogP contribution in [0.5, 0.6) is 0 Å². The third kappa shape index (κ3) is 3.14. The number of aromatic amines is 2. The first kappa shape index (κ1) is 16.7. The normalized spacial score (nSPS) is 12.4. The molecule has 6 rings (SSSR count). The van der Waals surface area contributed by atoms with Gasteiger partial charge in [-0.2, -0.15) is 0 Å². The van der Waals surface area contributed by atoms with Crippen LogP contribution in [0, 0.1) is 0 Å². The minimum atomic E-state index is 0.922. The van der Waals surface area contributed by atoms with Crippen molar-refractivity contribution < 1.29 is 0 Å². The van der Waals surface area contributed by atoms with Gasteiger partial charge in [-0.1, -0.05) is 30.3 Å². The van der Waals surface area contributed by atoms with E-state index >= 15 is 0 Å². The Balaban J connectivity index is 1.69. The summed E-state index contributed by atoms with van der Waals surface area (Å²) in [5.74, 6) is 0. The van der Waals surface area contributed by atoms with Gasteiger partial charge in [-0.25, -0.2) is 9.97 Å². The minimum absolute atomic E-state index is 0.922. The van der Waals surface area contributed by atoms with Crippen LogP contribution in [0.3, 0.4) is 0 Å². The molecule has 0 saturated heterocycles. The predicted octanol–water partition coefficient (Wildman–Crippen LogP) is 6.32. The second-order valence-electron chi connectivity index (χ2n) is 7.45. The molecule has 0 saturated carbocycles. The molecule has 0 radical (unpaired) electrons. The number of hydrogen-bond donors (Lipinski definition) is 2. The fourth-order valence-corrected chi connectivity index (χ4v) is 3.87. The lowest BCUT2D eigenvalue weighted by Gasteiger charge is -1.97. The monoisotopic (exact) mass is 386 g/mol. The van der Waals surface area contributed by atoms with E-state index in [2.05, 4.69) is 70.6 Å². The van der Waals surface area contributed by atoms with Crippen LogP contribution in [0.1, 0.15) is 22.8 Å². The molecule has 2 aliphatic heterocycles. The van der Waals surface area contributed by atoms with Gasteiger partial charge in [-0.3, -0.25) is 0 Å². The zero-order valence-electron chi connectivity index (χ0n) is 16.1. The predicted molar refractivity (Wildman–Crippen MR) is 124 cm³/mol. The van der Waals surface area contributed by atoms with Crippen LogP contribution in [-0.2, 0) is 0 Å². The van der Waals surface area contributed by atoms with Crippen LogP contribution in [0.25, 0.3) is 57.5 Å². The Morgan fingerprint density at radius 1 is 0.500 bits per heavy atom. The quantitative estimate of drug-likeness (QED) is 0.347. The van der Waals surface area contributed by atoms with E-state index in [1.54, 1.807) is 0 Å². The van der Waals surface area contributed by atoms with E-state index in [-0.39, 0.29) is 0 Å². The van der Waals surface area contributed by atoms with Crippen molar-refractivity contribution in [1.29, 1.82) is 0 Å². The number of rotatable bonds is 1. The average Bonchev–Trinajstić information content (AvgIpc) is 3.53. The summed E-state index contributed by atoms with van der Waals surface area (Å²) in [7, 11) is 0. The second kappa shape index (κ2) is 6.71. The fourth-order valence-electron chi connectivity index (χ4n) is 3.87. The van der Waals surface area contributed by atoms with Crippen molar-refractivity contribution in [3.05, 3.63) is 95.6 Å². The third-order valence-corrected chi connectivity index (χ3v) is 5.25. The highest BCUT2D eigenvalue weighted by Crippen LogP contribution is 2.27. The molecule has 0 aliphatic carbocycles. The van der Waals surface area contributed by atoms with E-state index in [0.29, 0.717) is 0 Å². The molecule has 4 aromatic rings. The fraction of sp³-hybridized carbons (Fsp3) is 0. The molecular formula is C26H18N4. The summed E-state index contributed by atoms with van der Waals surface area (Å²) in [6.07, 6.45) is 8.16. The van der Waals surface area contributed by atoms with E-state index in [0.717, 1.165) is 50.4 Å². The lowest BCUT2D eigenvalue weighted by molar-refractivity contribution is 1.31. The molecule has 4 heteroatoms. The maximum atomic E-state index is 4.77. The Labute approximate surface area is 173 Å². The number of hydrogen-bond acceptors (Lipinski definition) is 2. The van der Waals surface area contributed by atoms with Crippen LogP contribution in [0.15, 0.2) is 72.8 Å². The Morgan fingerprint density at radius 3 is 1.70 bits per heavy atom. The first-order valence-electron chi connectivity index (χ1n) is 9.92. The lowest BCUT2D eigenvalue weighted by atomic mass is 10.1. The van der Waals surface area contributed by atoms with Gasteiger partial charge in [0.25, 0.3) is 0 Å². The summed E-state index contributed by atoms with van der Waals surface area (Å²) in [5, 5.41) is 0. The number of benzene rings is 1. The molecule has 5 heterocycles. The maximum absolute atomic E-state index is 4.77. The summed E-state index contributed by atoms with van der Waals surface area (Å²) in [6, 6.07) is 25.0. The van der Waals surface area contributed by atoms with E-state index in [4.69, 9.17) is 9.97 Å². The molecule has 0 amide bonds. The molecule has 8 bridgehead atoms. The molecule has 0 unspecified atom stereocenters. The van der Waals surface area contributed by atoms with Crippen molar-refractivity contribution in [3.8, 4) is 11.1 Å². The first-order valence-corrected chi connectivity index (χ1v) is 9.92. The number of aromatic nitrogens is 4. The van der Waals surface area contributed by atoms with Crippen molar-refractivity contribution in [3.63, 3.8) is 0 Å². The Bertz CT molecular complexity index is 1480. The summed E-state index contributed by atoms with van der Waals surface area (Å²) >= 11 is 0. The smallest absolute Gasteiger partial charge is 0.0658 e. The van der Waals surface area contributed by atoms with Crippen molar-refractivity contribution in [2.24, 2.45) is 0 Å². The first-order chi connectivity index (χ1) is 14.8. The van der Waals surface area contributed by atoms with Crippen LogP contribution in [0.2, 0.25) is 0 Å². The summed E-state index contributed by atoms with van der Waals surface area (Å²) in [4.78, 5) is 16.5. The van der Waals surface area contributed by atoms with Gasteiger partial charge in [-0.05, 0) is 72.3 Å². The van der Waals surface area contributed by atoms with Gasteiger partial charge in [0.2, 0.25) is 0 Å². The molecule has 1 aromatic carbocycles. The second-order valence-corrected chi connectivity index (χ2v) is 7.45. The molecule has 142 valence electrons. The SMILES string of the molecule is C1=Cc2cc3cc(-c4ccccc4)c(cc4nc(cc5ccc(cc1n2)[nH]5)C=C4)[nH]3. The highest BCUT2D eigenvalue weighted by atomic mass is 14.8. The minimum Gasteiger partial charge on any atom is -0.355 e. The van der Waals surface area contributed by atoms with Crippen molar-refractivity contribution in [1.82, 2.24) is 19.9 Å². The largest absolute Gasteiger partial charge is 0.355 e.